The van der Waals surface area contributed by atoms with Crippen molar-refractivity contribution in [2.45, 2.75) is 121 Å². The van der Waals surface area contributed by atoms with Gasteiger partial charge in [-0.15, -0.1) is 0 Å². The summed E-state index contributed by atoms with van der Waals surface area (Å²) in [6, 6.07) is 6.81. The number of carbonyl (C=O) groups excluding carboxylic acids is 4. The summed E-state index contributed by atoms with van der Waals surface area (Å²) in [5.74, 6) is -4.22. The Morgan fingerprint density at radius 3 is 1.89 bits per heavy atom. The minimum Gasteiger partial charge on any atom is -0.508 e. The number of phenolic OH excluding ortho intramolecular Hbond substituents is 2. The van der Waals surface area contributed by atoms with E-state index in [9.17, 15) is 44.4 Å². The number of phenols is 2. The van der Waals surface area contributed by atoms with Gasteiger partial charge in [-0.3, -0.25) is 19.2 Å². The van der Waals surface area contributed by atoms with Gasteiger partial charge in [0.25, 0.3) is 5.91 Å². The monoisotopic (exact) mass is 739 g/mol. The summed E-state index contributed by atoms with van der Waals surface area (Å²) in [6.45, 7) is 5.89. The maximum atomic E-state index is 14.0. The average molecular weight is 740 g/mol. The van der Waals surface area contributed by atoms with Crippen LogP contribution in [0.2, 0.25) is 0 Å². The predicted octanol–water partition coefficient (Wildman–Crippen LogP) is 2.38. The maximum Gasteiger partial charge on any atom is 0.326 e. The molecule has 0 aromatic heterocycles. The van der Waals surface area contributed by atoms with E-state index in [1.807, 2.05) is 0 Å². The number of carboxylic acids is 1. The van der Waals surface area contributed by atoms with Gasteiger partial charge in [0.1, 0.15) is 41.8 Å². The van der Waals surface area contributed by atoms with Crippen LogP contribution in [0.25, 0.3) is 0 Å². The largest absolute Gasteiger partial charge is 0.508 e. The van der Waals surface area contributed by atoms with Crippen molar-refractivity contribution in [3.8, 4) is 11.5 Å². The Morgan fingerprint density at radius 1 is 0.792 bits per heavy atom. The molecule has 0 aliphatic carbocycles. The average Bonchev–Trinajstić information content (AvgIpc) is 3.63. The standard InChI is InChI=1S/C39H57N5O9/c1-5-6-7-8-9-11-29(40-4)34(47)37(50)43-33(24(2)3)38(51)44-21-10-12-32(44)36(49)41-30(22-25-13-17-27(45)18-14-25)35(48)42-31(39(52)53)23-26-15-19-28(46)20-16-26/h13-20,24,29-34,40,45-47H,5-12,21-23H2,1-4H3,(H,41,49)(H,42,48)(H,43,50)(H,52,53). The minimum atomic E-state index is -1.39. The van der Waals surface area contributed by atoms with Gasteiger partial charge in [-0.2, -0.15) is 0 Å². The molecule has 0 bridgehead atoms. The number of aliphatic carboxylic acids is 1. The highest BCUT2D eigenvalue weighted by Crippen LogP contribution is 2.22. The molecule has 14 heteroatoms. The molecule has 8 N–H and O–H groups in total. The summed E-state index contributed by atoms with van der Waals surface area (Å²) in [4.78, 5) is 68.3. The number of carbonyl (C=O) groups is 5. The van der Waals surface area contributed by atoms with E-state index in [4.69, 9.17) is 0 Å². The number of likely N-dealkylation sites (N-methyl/N-ethyl adjacent to an activating group) is 1. The number of unbranched alkanes of at least 4 members (excludes halogenated alkanes) is 4. The van der Waals surface area contributed by atoms with Gasteiger partial charge in [0, 0.05) is 25.4 Å². The molecule has 1 aliphatic rings. The molecule has 2 aromatic rings. The van der Waals surface area contributed by atoms with Crippen molar-refractivity contribution < 1.29 is 44.4 Å². The lowest BCUT2D eigenvalue weighted by Gasteiger charge is -2.32. The second-order valence-corrected chi connectivity index (χ2v) is 14.2. The van der Waals surface area contributed by atoms with Crippen molar-refractivity contribution in [3.63, 3.8) is 0 Å². The molecule has 1 fully saturated rings. The fourth-order valence-electron chi connectivity index (χ4n) is 6.53. The topological polar surface area (TPSA) is 218 Å². The molecular formula is C39H57N5O9. The van der Waals surface area contributed by atoms with Crippen LogP contribution in [0.15, 0.2) is 48.5 Å². The van der Waals surface area contributed by atoms with Crippen LogP contribution in [0, 0.1) is 5.92 Å². The first-order chi connectivity index (χ1) is 25.2. The number of rotatable bonds is 21. The van der Waals surface area contributed by atoms with Crippen molar-refractivity contribution in [3.05, 3.63) is 59.7 Å². The predicted molar refractivity (Wildman–Crippen MR) is 199 cm³/mol. The molecule has 1 heterocycles. The normalized spacial score (nSPS) is 17.0. The van der Waals surface area contributed by atoms with Crippen molar-refractivity contribution in [1.29, 1.82) is 0 Å². The molecule has 6 atom stereocenters. The number of carboxylic acid groups (broad SMARTS) is 1. The third-order valence-corrected chi connectivity index (χ3v) is 9.71. The molecular weight excluding hydrogens is 682 g/mol. The summed E-state index contributed by atoms with van der Waals surface area (Å²) in [7, 11) is 1.68. The highest BCUT2D eigenvalue weighted by molar-refractivity contribution is 5.96. The summed E-state index contributed by atoms with van der Waals surface area (Å²) in [6.07, 6.45) is 5.00. The number of benzene rings is 2. The zero-order valence-electron chi connectivity index (χ0n) is 31.2. The van der Waals surface area contributed by atoms with Crippen LogP contribution in [0.3, 0.4) is 0 Å². The number of amides is 4. The van der Waals surface area contributed by atoms with Gasteiger partial charge < -0.3 is 46.6 Å². The van der Waals surface area contributed by atoms with Gasteiger partial charge in [0.15, 0.2) is 0 Å². The van der Waals surface area contributed by atoms with Crippen LogP contribution >= 0.6 is 0 Å². The van der Waals surface area contributed by atoms with Gasteiger partial charge in [0.05, 0.1) is 0 Å². The second-order valence-electron chi connectivity index (χ2n) is 14.2. The fraction of sp³-hybridized carbons (Fsp3) is 0.564. The number of nitrogens with zero attached hydrogens (tertiary/aromatic N) is 1. The third kappa shape index (κ3) is 13.0. The van der Waals surface area contributed by atoms with Gasteiger partial charge >= 0.3 is 5.97 Å². The molecule has 0 spiro atoms. The molecule has 6 unspecified atom stereocenters. The zero-order valence-corrected chi connectivity index (χ0v) is 31.2. The Balaban J connectivity index is 1.75. The van der Waals surface area contributed by atoms with E-state index < -0.39 is 65.9 Å². The van der Waals surface area contributed by atoms with Crippen LogP contribution in [-0.2, 0) is 36.8 Å². The highest BCUT2D eigenvalue weighted by Gasteiger charge is 2.41. The summed E-state index contributed by atoms with van der Waals surface area (Å²) in [5.41, 5.74) is 1.13. The summed E-state index contributed by atoms with van der Waals surface area (Å²) in [5, 5.41) is 51.2. The Bertz CT molecular complexity index is 1500. The summed E-state index contributed by atoms with van der Waals surface area (Å²) >= 11 is 0. The van der Waals surface area contributed by atoms with E-state index in [2.05, 4.69) is 28.2 Å². The Labute approximate surface area is 311 Å². The van der Waals surface area contributed by atoms with Gasteiger partial charge in [-0.25, -0.2) is 4.79 Å². The van der Waals surface area contributed by atoms with E-state index in [0.717, 1.165) is 32.1 Å². The van der Waals surface area contributed by atoms with Crippen molar-refractivity contribution in [2.75, 3.05) is 13.6 Å². The van der Waals surface area contributed by atoms with E-state index >= 15 is 0 Å². The molecule has 14 nitrogen and oxygen atoms in total. The molecule has 0 radical (unpaired) electrons. The Morgan fingerprint density at radius 2 is 1.36 bits per heavy atom. The number of nitrogens with one attached hydrogen (secondary N) is 4. The van der Waals surface area contributed by atoms with Crippen LogP contribution in [0.4, 0.5) is 0 Å². The lowest BCUT2D eigenvalue weighted by Crippen LogP contribution is -2.59. The number of aliphatic hydroxyl groups is 1. The van der Waals surface area contributed by atoms with E-state index in [1.54, 1.807) is 45.2 Å². The third-order valence-electron chi connectivity index (χ3n) is 9.71. The first-order valence-electron chi connectivity index (χ1n) is 18.6. The maximum absolute atomic E-state index is 14.0. The molecule has 0 saturated carbocycles. The van der Waals surface area contributed by atoms with Crippen LogP contribution in [-0.4, -0.2) is 105 Å². The number of aromatic hydroxyl groups is 2. The van der Waals surface area contributed by atoms with Gasteiger partial charge in [0.2, 0.25) is 17.7 Å². The van der Waals surface area contributed by atoms with E-state index in [1.165, 1.54) is 29.2 Å². The van der Waals surface area contributed by atoms with Gasteiger partial charge in [-0.1, -0.05) is 77.1 Å². The van der Waals surface area contributed by atoms with E-state index in [0.29, 0.717) is 30.4 Å². The van der Waals surface area contributed by atoms with Crippen molar-refractivity contribution in [1.82, 2.24) is 26.2 Å². The van der Waals surface area contributed by atoms with E-state index in [-0.39, 0.29) is 36.8 Å². The lowest BCUT2D eigenvalue weighted by molar-refractivity contribution is -0.145. The van der Waals surface area contributed by atoms with Crippen molar-refractivity contribution >= 4 is 29.6 Å². The van der Waals surface area contributed by atoms with Crippen molar-refractivity contribution in [2.24, 2.45) is 5.92 Å². The van der Waals surface area contributed by atoms with Crippen LogP contribution in [0.5, 0.6) is 11.5 Å². The molecule has 2 aromatic carbocycles. The molecule has 53 heavy (non-hydrogen) atoms. The van der Waals surface area contributed by atoms with Gasteiger partial charge in [-0.05, 0) is 67.6 Å². The smallest absolute Gasteiger partial charge is 0.326 e. The Kier molecular flexibility index (Phi) is 17.0. The molecule has 292 valence electrons. The lowest BCUT2D eigenvalue weighted by atomic mass is 9.99. The first-order valence-corrected chi connectivity index (χ1v) is 18.6. The summed E-state index contributed by atoms with van der Waals surface area (Å²) < 4.78 is 0. The zero-order chi connectivity index (χ0) is 39.1. The number of hydrogen-bond acceptors (Lipinski definition) is 9. The molecule has 3 rings (SSSR count). The highest BCUT2D eigenvalue weighted by atomic mass is 16.4. The van der Waals surface area contributed by atoms with Crippen LogP contribution < -0.4 is 21.3 Å². The first kappa shape index (κ1) is 42.7. The minimum absolute atomic E-state index is 0.00180. The number of hydrogen-bond donors (Lipinski definition) is 8. The SMILES string of the molecule is CCCCCCCC(NC)C(O)C(=O)NC(C(=O)N1CCCC1C(=O)NC(Cc1ccc(O)cc1)C(=O)NC(Cc1ccc(O)cc1)C(=O)O)C(C)C. The second kappa shape index (κ2) is 21.1. The quantitative estimate of drug-likeness (QED) is 0.0875. The van der Waals surface area contributed by atoms with Crippen LogP contribution in [0.1, 0.15) is 83.3 Å². The Hall–Kier alpha value is -4.69. The molecule has 1 saturated heterocycles. The molecule has 4 amide bonds. The number of likely N-dealkylation sites (tertiary alicyclic amines) is 1. The number of aliphatic hydroxyl groups excluding tert-OH is 1. The fourth-order valence-corrected chi connectivity index (χ4v) is 6.53. The molecule has 1 aliphatic heterocycles.